The molecular weight excluding hydrogens is 881 g/mol. The monoisotopic (exact) mass is 930 g/mol. The maximum atomic E-state index is 7.90. The van der Waals surface area contributed by atoms with Gasteiger partial charge in [0.1, 0.15) is 11.2 Å². The van der Waals surface area contributed by atoms with E-state index in [1.165, 1.54) is 27.4 Å². The number of pyridine rings is 2. The molecule has 4 aromatic heterocycles. The summed E-state index contributed by atoms with van der Waals surface area (Å²) in [4.78, 5) is 9.23. The van der Waals surface area contributed by atoms with Crippen LogP contribution in [-0.4, -0.2) is 18.0 Å². The molecule has 0 atom stereocenters. The second-order valence-corrected chi connectivity index (χ2v) is 21.6. The first kappa shape index (κ1) is 35.3. The summed E-state index contributed by atoms with van der Waals surface area (Å²) in [6.07, 6.45) is 4.82. The maximum absolute atomic E-state index is 7.90. The zero-order valence-corrected chi connectivity index (χ0v) is 36.2. The second kappa shape index (κ2) is 15.4. The first-order valence-corrected chi connectivity index (χ1v) is 22.3. The minimum absolute atomic E-state index is 0. The zero-order chi connectivity index (χ0) is 41.0. The number of furan rings is 2. The van der Waals surface area contributed by atoms with Crippen molar-refractivity contribution in [3.8, 4) is 33.6 Å². The Morgan fingerprint density at radius 3 is 2.29 bits per heavy atom. The van der Waals surface area contributed by atoms with Gasteiger partial charge in [-0.2, -0.15) is 0 Å². The summed E-state index contributed by atoms with van der Waals surface area (Å²) in [6, 6.07) is 43.0. The van der Waals surface area contributed by atoms with E-state index in [4.69, 9.17) is 12.9 Å². The van der Waals surface area contributed by atoms with Gasteiger partial charge >= 0.3 is 0 Å². The van der Waals surface area contributed by atoms with Crippen LogP contribution in [0.1, 0.15) is 41.6 Å². The molecule has 0 unspecified atom stereocenters. The molecule has 9 aromatic rings. The number of aryl methyl sites for hydroxylation is 2. The number of hydrogen-bond donors (Lipinski definition) is 0. The predicted molar refractivity (Wildman–Crippen MR) is 233 cm³/mol. The van der Waals surface area contributed by atoms with Gasteiger partial charge in [0.05, 0.1) is 19.2 Å². The summed E-state index contributed by atoms with van der Waals surface area (Å²) in [6.45, 7) is 13.5. The molecule has 0 saturated carbocycles. The van der Waals surface area contributed by atoms with Gasteiger partial charge in [-0.15, -0.1) is 35.4 Å². The molecule has 0 aliphatic rings. The number of hydrogen-bond acceptors (Lipinski definition) is 4. The fourth-order valence-corrected chi connectivity index (χ4v) is 8.37. The van der Waals surface area contributed by atoms with Crippen LogP contribution in [0.4, 0.5) is 0 Å². The first-order valence-electron chi connectivity index (χ1n) is 20.3. The van der Waals surface area contributed by atoms with Crippen molar-refractivity contribution >= 4 is 57.1 Å². The van der Waals surface area contributed by atoms with Gasteiger partial charge in [-0.05, 0) is 75.6 Å². The third kappa shape index (κ3) is 7.79. The summed E-state index contributed by atoms with van der Waals surface area (Å²) in [5.74, 6) is 0. The third-order valence-corrected chi connectivity index (χ3v) is 12.1. The van der Waals surface area contributed by atoms with E-state index in [0.717, 1.165) is 50.7 Å². The van der Waals surface area contributed by atoms with E-state index in [1.807, 2.05) is 48.8 Å². The van der Waals surface area contributed by atoms with E-state index in [1.54, 1.807) is 6.07 Å². The Bertz CT molecular complexity index is 2940. The number of nitrogens with zero attached hydrogens (tertiary/aromatic N) is 2. The topological polar surface area (TPSA) is 52.1 Å². The largest absolute Gasteiger partial charge is 0.501 e. The molecule has 283 valence electrons. The number of benzene rings is 5. The van der Waals surface area contributed by atoms with Gasteiger partial charge < -0.3 is 18.8 Å². The van der Waals surface area contributed by atoms with Crippen LogP contribution in [0.5, 0.6) is 0 Å². The molecule has 0 amide bonds. The van der Waals surface area contributed by atoms with E-state index in [9.17, 15) is 0 Å². The first-order chi connectivity index (χ1) is 27.5. The van der Waals surface area contributed by atoms with Crippen LogP contribution >= 0.6 is 0 Å². The third-order valence-electron chi connectivity index (χ3n) is 10.1. The molecule has 6 heteroatoms. The molecule has 0 N–H and O–H groups in total. The van der Waals surface area contributed by atoms with E-state index >= 15 is 0 Å². The predicted octanol–water partition coefficient (Wildman–Crippen LogP) is 13.3. The van der Waals surface area contributed by atoms with Crippen molar-refractivity contribution in [2.24, 2.45) is 5.41 Å². The van der Waals surface area contributed by atoms with Crippen LogP contribution in [0, 0.1) is 31.3 Å². The SMILES string of the molecule is Cc1c(-c2ccccc2)ccc2oc3[c-]c(-c4cc(CC(C)(C)C)ccn4)ccc3c12.[2H]C([2H])([2H])c1c[c-]c(-c2ccc([Si](C)(C)C)cn2)c2oc3ccccc3c12.[Ir]. The van der Waals surface area contributed by atoms with Crippen molar-refractivity contribution in [3.63, 3.8) is 0 Å². The molecule has 5 aromatic carbocycles. The van der Waals surface area contributed by atoms with Crippen LogP contribution in [0.25, 0.3) is 77.5 Å². The normalized spacial score (nSPS) is 12.9. The summed E-state index contributed by atoms with van der Waals surface area (Å²) >= 11 is 0. The van der Waals surface area contributed by atoms with Crippen molar-refractivity contribution in [1.29, 1.82) is 0 Å². The quantitative estimate of drug-likeness (QED) is 0.127. The smallest absolute Gasteiger partial charge is 0.124 e. The Balaban J connectivity index is 0.000000178. The van der Waals surface area contributed by atoms with Gasteiger partial charge in [0, 0.05) is 42.0 Å². The Morgan fingerprint density at radius 2 is 1.55 bits per heavy atom. The molecule has 1 radical (unpaired) electrons. The minimum atomic E-state index is -2.24. The molecule has 4 heterocycles. The molecule has 4 nitrogen and oxygen atoms in total. The second-order valence-electron chi connectivity index (χ2n) is 16.5. The number of para-hydroxylation sites is 1. The van der Waals surface area contributed by atoms with Crippen LogP contribution in [0.15, 0.2) is 130 Å². The number of fused-ring (bicyclic) bond motifs is 6. The van der Waals surface area contributed by atoms with Crippen LogP contribution in [0.3, 0.4) is 0 Å². The Hall–Kier alpha value is -5.13. The molecule has 0 bridgehead atoms. The van der Waals surface area contributed by atoms with Crippen molar-refractivity contribution < 1.29 is 33.1 Å². The van der Waals surface area contributed by atoms with E-state index in [2.05, 4.69) is 136 Å². The summed E-state index contributed by atoms with van der Waals surface area (Å²) in [5, 5.41) is 4.95. The molecule has 0 fully saturated rings. The minimum Gasteiger partial charge on any atom is -0.501 e. The summed E-state index contributed by atoms with van der Waals surface area (Å²) in [5.41, 5.74) is 11.7. The van der Waals surface area contributed by atoms with Crippen molar-refractivity contribution in [2.45, 2.75) is 60.6 Å². The molecule has 0 saturated heterocycles. The van der Waals surface area contributed by atoms with E-state index in [-0.39, 0.29) is 31.1 Å². The van der Waals surface area contributed by atoms with Gasteiger partial charge in [0.2, 0.25) is 0 Å². The standard InChI is InChI=1S/C29H26NO.C21H20NOSi.Ir/c1-19-23(21-8-6-5-7-9-21)12-13-26-28(19)24-11-10-22(17-27(24)31-26)25-16-20(14-15-30-25)18-29(2,3)4;1-14-9-11-16(18-12-10-15(13-22-18)24(2,3)4)21-20(14)17-7-5-6-8-19(17)23-21;/h5-16H,18H2,1-4H3;5-10,12-13H,1-4H3;/q2*-1;/i;1D3;. The van der Waals surface area contributed by atoms with Gasteiger partial charge in [-0.3, -0.25) is 0 Å². The van der Waals surface area contributed by atoms with Gasteiger partial charge in [-0.25, -0.2) is 0 Å². The van der Waals surface area contributed by atoms with Crippen LogP contribution < -0.4 is 5.19 Å². The van der Waals surface area contributed by atoms with Crippen molar-refractivity contribution in [1.82, 2.24) is 9.97 Å². The summed E-state index contributed by atoms with van der Waals surface area (Å²) in [7, 11) is -1.44. The van der Waals surface area contributed by atoms with Gasteiger partial charge in [0.25, 0.3) is 0 Å². The molecule has 0 aliphatic heterocycles. The zero-order valence-electron chi connectivity index (χ0n) is 35.8. The van der Waals surface area contributed by atoms with Crippen LogP contribution in [0.2, 0.25) is 19.6 Å². The number of rotatable bonds is 5. The Kier molecular flexibility index (Phi) is 9.72. The fourth-order valence-electron chi connectivity index (χ4n) is 7.34. The van der Waals surface area contributed by atoms with Crippen molar-refractivity contribution in [3.05, 3.63) is 150 Å². The van der Waals surface area contributed by atoms with E-state index < -0.39 is 14.9 Å². The summed E-state index contributed by atoms with van der Waals surface area (Å²) < 4.78 is 36.0. The average molecular weight is 930 g/mol. The van der Waals surface area contributed by atoms with Gasteiger partial charge in [0.15, 0.2) is 0 Å². The molecular formula is C50H46IrN2O2Si-2. The van der Waals surface area contributed by atoms with E-state index in [0.29, 0.717) is 22.1 Å². The molecule has 0 spiro atoms. The van der Waals surface area contributed by atoms with Crippen molar-refractivity contribution in [2.75, 3.05) is 0 Å². The van der Waals surface area contributed by atoms with Gasteiger partial charge in [-0.1, -0.05) is 148 Å². The molecule has 56 heavy (non-hydrogen) atoms. The Labute approximate surface area is 348 Å². The van der Waals surface area contributed by atoms with Crippen LogP contribution in [-0.2, 0) is 26.5 Å². The molecule has 9 rings (SSSR count). The molecule has 0 aliphatic carbocycles. The average Bonchev–Trinajstić information content (AvgIpc) is 3.76. The fraction of sp³-hybridized carbons (Fsp3) is 0.200. The Morgan fingerprint density at radius 1 is 0.768 bits per heavy atom. The number of aromatic nitrogens is 2. The maximum Gasteiger partial charge on any atom is 0.124 e.